The van der Waals surface area contributed by atoms with Crippen molar-refractivity contribution in [3.8, 4) is 11.5 Å². The van der Waals surface area contributed by atoms with Crippen molar-refractivity contribution in [2.45, 2.75) is 40.3 Å². The van der Waals surface area contributed by atoms with E-state index in [1.54, 1.807) is 7.11 Å². The standard InChI is InChI=1S/C21H27NO3/c1-21(2,3)13-20(23)22-14-17-10-11-18(19(12-17)24-4)25-15-16-8-6-5-7-9-16/h5-12H,13-15H2,1-4H3,(H,22,23). The molecule has 2 aromatic rings. The van der Waals surface area contributed by atoms with Crippen LogP contribution in [-0.4, -0.2) is 13.0 Å². The second kappa shape index (κ2) is 8.56. The number of methoxy groups -OCH3 is 1. The Hall–Kier alpha value is -2.49. The zero-order valence-corrected chi connectivity index (χ0v) is 15.5. The van der Waals surface area contributed by atoms with Gasteiger partial charge in [-0.15, -0.1) is 0 Å². The van der Waals surface area contributed by atoms with Crippen LogP contribution in [0.2, 0.25) is 0 Å². The molecule has 2 rings (SSSR count). The van der Waals surface area contributed by atoms with E-state index in [4.69, 9.17) is 9.47 Å². The number of nitrogens with one attached hydrogen (secondary N) is 1. The first-order valence-corrected chi connectivity index (χ1v) is 8.48. The molecule has 0 spiro atoms. The Kier molecular flexibility index (Phi) is 6.45. The molecule has 1 amide bonds. The summed E-state index contributed by atoms with van der Waals surface area (Å²) in [5.74, 6) is 1.41. The monoisotopic (exact) mass is 341 g/mol. The minimum absolute atomic E-state index is 0.0170. The van der Waals surface area contributed by atoms with Crippen molar-refractivity contribution < 1.29 is 14.3 Å². The predicted molar refractivity (Wildman–Crippen MR) is 99.7 cm³/mol. The van der Waals surface area contributed by atoms with E-state index in [1.807, 2.05) is 48.5 Å². The maximum atomic E-state index is 11.9. The summed E-state index contributed by atoms with van der Waals surface area (Å²) >= 11 is 0. The maximum absolute atomic E-state index is 11.9. The smallest absolute Gasteiger partial charge is 0.220 e. The molecule has 0 aromatic heterocycles. The van der Waals surface area contributed by atoms with Gasteiger partial charge in [0.2, 0.25) is 5.91 Å². The van der Waals surface area contributed by atoms with Gasteiger partial charge in [-0.3, -0.25) is 4.79 Å². The predicted octanol–water partition coefficient (Wildman–Crippen LogP) is 4.33. The van der Waals surface area contributed by atoms with Crippen LogP contribution in [0, 0.1) is 5.41 Å². The molecule has 0 atom stereocenters. The van der Waals surface area contributed by atoms with Crippen molar-refractivity contribution in [2.24, 2.45) is 5.41 Å². The van der Waals surface area contributed by atoms with Gasteiger partial charge >= 0.3 is 0 Å². The molecule has 0 heterocycles. The lowest BCUT2D eigenvalue weighted by Gasteiger charge is -2.17. The molecule has 2 aromatic carbocycles. The molecule has 1 N–H and O–H groups in total. The molecule has 4 heteroatoms. The molecule has 0 bridgehead atoms. The van der Waals surface area contributed by atoms with E-state index in [0.29, 0.717) is 31.1 Å². The molecule has 0 saturated heterocycles. The lowest BCUT2D eigenvalue weighted by molar-refractivity contribution is -0.122. The molecule has 0 aliphatic carbocycles. The molecule has 0 saturated carbocycles. The molecular formula is C21H27NO3. The van der Waals surface area contributed by atoms with E-state index >= 15 is 0 Å². The fourth-order valence-corrected chi connectivity index (χ4v) is 2.42. The van der Waals surface area contributed by atoms with Gasteiger partial charge in [0.1, 0.15) is 6.61 Å². The Bertz CT molecular complexity index is 690. The van der Waals surface area contributed by atoms with Crippen LogP contribution in [-0.2, 0) is 17.9 Å². The van der Waals surface area contributed by atoms with Gasteiger partial charge in [0.15, 0.2) is 11.5 Å². The highest BCUT2D eigenvalue weighted by molar-refractivity contribution is 5.76. The second-order valence-corrected chi connectivity index (χ2v) is 7.27. The highest BCUT2D eigenvalue weighted by atomic mass is 16.5. The van der Waals surface area contributed by atoms with Gasteiger partial charge < -0.3 is 14.8 Å². The molecule has 0 fully saturated rings. The average molecular weight is 341 g/mol. The summed E-state index contributed by atoms with van der Waals surface area (Å²) in [6, 6.07) is 15.7. The summed E-state index contributed by atoms with van der Waals surface area (Å²) in [6.07, 6.45) is 0.502. The van der Waals surface area contributed by atoms with Crippen LogP contribution in [0.5, 0.6) is 11.5 Å². The quantitative estimate of drug-likeness (QED) is 0.815. The Balaban J connectivity index is 1.95. The molecule has 0 unspecified atom stereocenters. The minimum Gasteiger partial charge on any atom is -0.493 e. The molecule has 4 nitrogen and oxygen atoms in total. The molecular weight excluding hydrogens is 314 g/mol. The van der Waals surface area contributed by atoms with E-state index in [2.05, 4.69) is 26.1 Å². The summed E-state index contributed by atoms with van der Waals surface area (Å²) in [5.41, 5.74) is 2.06. The van der Waals surface area contributed by atoms with Gasteiger partial charge in [0.25, 0.3) is 0 Å². The van der Waals surface area contributed by atoms with Gasteiger partial charge in [0.05, 0.1) is 7.11 Å². The minimum atomic E-state index is -0.0170. The SMILES string of the molecule is COc1cc(CNC(=O)CC(C)(C)C)ccc1OCc1ccccc1. The van der Waals surface area contributed by atoms with Gasteiger partial charge in [0, 0.05) is 13.0 Å². The summed E-state index contributed by atoms with van der Waals surface area (Å²) in [4.78, 5) is 11.9. The van der Waals surface area contributed by atoms with Crippen LogP contribution < -0.4 is 14.8 Å². The number of carbonyl (C=O) groups excluding carboxylic acids is 1. The zero-order chi connectivity index (χ0) is 18.3. The van der Waals surface area contributed by atoms with Crippen molar-refractivity contribution in [3.63, 3.8) is 0 Å². The van der Waals surface area contributed by atoms with Crippen molar-refractivity contribution in [3.05, 3.63) is 59.7 Å². The lowest BCUT2D eigenvalue weighted by Crippen LogP contribution is -2.27. The van der Waals surface area contributed by atoms with E-state index in [-0.39, 0.29) is 11.3 Å². The van der Waals surface area contributed by atoms with Crippen molar-refractivity contribution in [1.82, 2.24) is 5.32 Å². The number of rotatable bonds is 7. The van der Waals surface area contributed by atoms with Gasteiger partial charge in [-0.25, -0.2) is 0 Å². The third-order valence-electron chi connectivity index (χ3n) is 3.65. The largest absolute Gasteiger partial charge is 0.493 e. The third kappa shape index (κ3) is 6.49. The van der Waals surface area contributed by atoms with Crippen LogP contribution in [0.1, 0.15) is 38.3 Å². The normalized spacial score (nSPS) is 11.0. The van der Waals surface area contributed by atoms with Crippen LogP contribution in [0.4, 0.5) is 0 Å². The highest BCUT2D eigenvalue weighted by Gasteiger charge is 2.15. The summed E-state index contributed by atoms with van der Waals surface area (Å²) in [6.45, 7) is 7.11. The first-order chi connectivity index (χ1) is 11.9. The number of ether oxygens (including phenoxy) is 2. The van der Waals surface area contributed by atoms with Crippen LogP contribution in [0.25, 0.3) is 0 Å². The number of carbonyl (C=O) groups is 1. The van der Waals surface area contributed by atoms with Crippen LogP contribution in [0.3, 0.4) is 0 Å². The van der Waals surface area contributed by atoms with E-state index < -0.39 is 0 Å². The van der Waals surface area contributed by atoms with Crippen molar-refractivity contribution >= 4 is 5.91 Å². The Labute approximate surface area is 150 Å². The lowest BCUT2D eigenvalue weighted by atomic mass is 9.92. The van der Waals surface area contributed by atoms with Crippen molar-refractivity contribution in [2.75, 3.05) is 7.11 Å². The number of benzene rings is 2. The fraction of sp³-hybridized carbons (Fsp3) is 0.381. The average Bonchev–Trinajstić information content (AvgIpc) is 2.58. The van der Waals surface area contributed by atoms with E-state index in [1.165, 1.54) is 0 Å². The Morgan fingerprint density at radius 3 is 2.36 bits per heavy atom. The summed E-state index contributed by atoms with van der Waals surface area (Å²) in [7, 11) is 1.62. The number of hydrogen-bond acceptors (Lipinski definition) is 3. The molecule has 0 radical (unpaired) electrons. The Morgan fingerprint density at radius 1 is 1.00 bits per heavy atom. The highest BCUT2D eigenvalue weighted by Crippen LogP contribution is 2.29. The summed E-state index contributed by atoms with van der Waals surface area (Å²) in [5, 5.41) is 2.95. The van der Waals surface area contributed by atoms with Gasteiger partial charge in [-0.2, -0.15) is 0 Å². The van der Waals surface area contributed by atoms with Gasteiger partial charge in [-0.05, 0) is 28.7 Å². The van der Waals surface area contributed by atoms with Crippen LogP contribution >= 0.6 is 0 Å². The fourth-order valence-electron chi connectivity index (χ4n) is 2.42. The van der Waals surface area contributed by atoms with Gasteiger partial charge in [-0.1, -0.05) is 57.2 Å². The summed E-state index contributed by atoms with van der Waals surface area (Å²) < 4.78 is 11.3. The van der Waals surface area contributed by atoms with E-state index in [0.717, 1.165) is 11.1 Å². The second-order valence-electron chi connectivity index (χ2n) is 7.27. The third-order valence-corrected chi connectivity index (χ3v) is 3.65. The maximum Gasteiger partial charge on any atom is 0.220 e. The first-order valence-electron chi connectivity index (χ1n) is 8.48. The van der Waals surface area contributed by atoms with Crippen LogP contribution in [0.15, 0.2) is 48.5 Å². The first kappa shape index (κ1) is 18.8. The molecule has 134 valence electrons. The van der Waals surface area contributed by atoms with E-state index in [9.17, 15) is 4.79 Å². The molecule has 0 aliphatic heterocycles. The molecule has 25 heavy (non-hydrogen) atoms. The van der Waals surface area contributed by atoms with Crippen molar-refractivity contribution in [1.29, 1.82) is 0 Å². The zero-order valence-electron chi connectivity index (χ0n) is 15.5. The molecule has 0 aliphatic rings. The number of amides is 1. The number of hydrogen-bond donors (Lipinski definition) is 1. The topological polar surface area (TPSA) is 47.6 Å². The Morgan fingerprint density at radius 2 is 1.72 bits per heavy atom.